The summed E-state index contributed by atoms with van der Waals surface area (Å²) in [5, 5.41) is 13.6. The molecule has 0 aliphatic heterocycles. The zero-order valence-corrected chi connectivity index (χ0v) is 12.8. The molecule has 1 rings (SSSR count). The van der Waals surface area contributed by atoms with Gasteiger partial charge in [0.15, 0.2) is 0 Å². The lowest BCUT2D eigenvalue weighted by atomic mass is 9.98. The van der Waals surface area contributed by atoms with Crippen LogP contribution in [0, 0.1) is 5.92 Å². The molecule has 0 bridgehead atoms. The summed E-state index contributed by atoms with van der Waals surface area (Å²) in [5.74, 6) is 0.419. The van der Waals surface area contributed by atoms with Crippen molar-refractivity contribution in [1.82, 2.24) is 10.3 Å². The molecule has 1 heterocycles. The van der Waals surface area contributed by atoms with Crippen molar-refractivity contribution in [3.63, 3.8) is 0 Å². The van der Waals surface area contributed by atoms with Gasteiger partial charge in [-0.2, -0.15) is 0 Å². The molecule has 1 atom stereocenters. The minimum atomic E-state index is 0.152. The van der Waals surface area contributed by atoms with E-state index in [0.717, 1.165) is 25.9 Å². The monoisotopic (exact) mass is 270 g/mol. The number of aromatic nitrogens is 1. The van der Waals surface area contributed by atoms with E-state index >= 15 is 0 Å². The molecule has 1 aromatic rings. The van der Waals surface area contributed by atoms with Crippen LogP contribution in [0.2, 0.25) is 0 Å². The quantitative estimate of drug-likeness (QED) is 0.749. The summed E-state index contributed by atoms with van der Waals surface area (Å²) in [7, 11) is 0. The molecular weight excluding hydrogens is 244 g/mol. The van der Waals surface area contributed by atoms with Crippen molar-refractivity contribution < 1.29 is 5.11 Å². The first kappa shape index (κ1) is 15.6. The average molecular weight is 270 g/mol. The molecule has 0 fully saturated rings. The first-order valence-corrected chi connectivity index (χ1v) is 7.52. The van der Waals surface area contributed by atoms with Crippen molar-refractivity contribution in [3.8, 4) is 0 Å². The Balaban J connectivity index is 2.22. The van der Waals surface area contributed by atoms with Crippen LogP contribution in [0.1, 0.15) is 50.4 Å². The van der Waals surface area contributed by atoms with E-state index in [1.165, 1.54) is 9.88 Å². The van der Waals surface area contributed by atoms with Crippen LogP contribution in [-0.2, 0) is 12.0 Å². The van der Waals surface area contributed by atoms with Crippen LogP contribution in [0.25, 0.3) is 0 Å². The molecule has 0 radical (unpaired) electrons. The van der Waals surface area contributed by atoms with Gasteiger partial charge in [-0.1, -0.05) is 27.7 Å². The molecule has 0 amide bonds. The van der Waals surface area contributed by atoms with Gasteiger partial charge in [0.2, 0.25) is 0 Å². The maximum Gasteiger partial charge on any atom is 0.0981 e. The van der Waals surface area contributed by atoms with Gasteiger partial charge in [0, 0.05) is 29.6 Å². The summed E-state index contributed by atoms with van der Waals surface area (Å²) in [6.45, 7) is 10.9. The molecule has 0 aromatic carbocycles. The second-order valence-corrected chi connectivity index (χ2v) is 7.10. The molecule has 0 aliphatic carbocycles. The molecule has 2 N–H and O–H groups in total. The number of thiazole rings is 1. The third-order valence-electron chi connectivity index (χ3n) is 2.86. The Hall–Kier alpha value is -0.450. The third kappa shape index (κ3) is 5.46. The standard InChI is InChI=1S/C14H26N2OS/c1-11(10-17)6-5-7-15-8-12-9-16-13(18-12)14(2,3)4/h9,11,15,17H,5-8,10H2,1-4H3. The van der Waals surface area contributed by atoms with E-state index in [-0.39, 0.29) is 5.41 Å². The Bertz CT molecular complexity index is 344. The van der Waals surface area contributed by atoms with Gasteiger partial charge in [-0.3, -0.25) is 0 Å². The Morgan fingerprint density at radius 1 is 1.44 bits per heavy atom. The molecule has 0 spiro atoms. The van der Waals surface area contributed by atoms with Crippen LogP contribution in [-0.4, -0.2) is 23.2 Å². The Morgan fingerprint density at radius 3 is 2.72 bits per heavy atom. The van der Waals surface area contributed by atoms with E-state index in [9.17, 15) is 0 Å². The topological polar surface area (TPSA) is 45.1 Å². The van der Waals surface area contributed by atoms with E-state index in [0.29, 0.717) is 12.5 Å². The molecule has 104 valence electrons. The smallest absolute Gasteiger partial charge is 0.0981 e. The average Bonchev–Trinajstić information content (AvgIpc) is 2.76. The van der Waals surface area contributed by atoms with Crippen LogP contribution >= 0.6 is 11.3 Å². The highest BCUT2D eigenvalue weighted by Gasteiger charge is 2.17. The molecule has 4 heteroatoms. The summed E-state index contributed by atoms with van der Waals surface area (Å²) >= 11 is 1.80. The van der Waals surface area contributed by atoms with Gasteiger partial charge in [0.25, 0.3) is 0 Å². The predicted octanol–water partition coefficient (Wildman–Crippen LogP) is 2.94. The zero-order chi connectivity index (χ0) is 13.6. The van der Waals surface area contributed by atoms with Gasteiger partial charge in [-0.05, 0) is 25.3 Å². The molecular formula is C14H26N2OS. The van der Waals surface area contributed by atoms with E-state index in [1.54, 1.807) is 11.3 Å². The Morgan fingerprint density at radius 2 is 2.17 bits per heavy atom. The fourth-order valence-electron chi connectivity index (χ4n) is 1.61. The number of rotatable bonds is 7. The van der Waals surface area contributed by atoms with Gasteiger partial charge < -0.3 is 10.4 Å². The van der Waals surface area contributed by atoms with Crippen molar-refractivity contribution in [2.45, 2.75) is 52.5 Å². The lowest BCUT2D eigenvalue weighted by Crippen LogP contribution is -2.15. The predicted molar refractivity (Wildman–Crippen MR) is 78.0 cm³/mol. The van der Waals surface area contributed by atoms with Crippen LogP contribution in [0.15, 0.2) is 6.20 Å². The van der Waals surface area contributed by atoms with Crippen molar-refractivity contribution >= 4 is 11.3 Å². The minimum Gasteiger partial charge on any atom is -0.396 e. The molecule has 18 heavy (non-hydrogen) atoms. The second kappa shape index (κ2) is 7.22. The molecule has 3 nitrogen and oxygen atoms in total. The lowest BCUT2D eigenvalue weighted by molar-refractivity contribution is 0.228. The van der Waals surface area contributed by atoms with Crippen molar-refractivity contribution in [3.05, 3.63) is 16.1 Å². The normalized spacial score (nSPS) is 13.8. The van der Waals surface area contributed by atoms with Gasteiger partial charge in [-0.15, -0.1) is 11.3 Å². The number of aliphatic hydroxyl groups excluding tert-OH is 1. The van der Waals surface area contributed by atoms with Crippen molar-refractivity contribution in [2.24, 2.45) is 5.92 Å². The fourth-order valence-corrected chi connectivity index (χ4v) is 2.55. The van der Waals surface area contributed by atoms with Crippen LogP contribution in [0.5, 0.6) is 0 Å². The Kier molecular flexibility index (Phi) is 6.26. The highest BCUT2D eigenvalue weighted by atomic mass is 32.1. The van der Waals surface area contributed by atoms with Crippen LogP contribution < -0.4 is 5.32 Å². The summed E-state index contributed by atoms with van der Waals surface area (Å²) in [6, 6.07) is 0. The van der Waals surface area contributed by atoms with Crippen molar-refractivity contribution in [1.29, 1.82) is 0 Å². The first-order chi connectivity index (χ1) is 8.43. The maximum atomic E-state index is 8.92. The summed E-state index contributed by atoms with van der Waals surface area (Å²) in [6.07, 6.45) is 4.18. The molecule has 0 aliphatic rings. The number of hydrogen-bond acceptors (Lipinski definition) is 4. The summed E-state index contributed by atoms with van der Waals surface area (Å²) in [5.41, 5.74) is 0.152. The molecule has 1 unspecified atom stereocenters. The van der Waals surface area contributed by atoms with Crippen molar-refractivity contribution in [2.75, 3.05) is 13.2 Å². The second-order valence-electron chi connectivity index (χ2n) is 5.99. The number of aliphatic hydroxyl groups is 1. The van der Waals surface area contributed by atoms with E-state index in [4.69, 9.17) is 5.11 Å². The Labute approximate surface area is 115 Å². The lowest BCUT2D eigenvalue weighted by Gasteiger charge is -2.13. The summed E-state index contributed by atoms with van der Waals surface area (Å²) < 4.78 is 0. The van der Waals surface area contributed by atoms with E-state index < -0.39 is 0 Å². The zero-order valence-electron chi connectivity index (χ0n) is 12.0. The highest BCUT2D eigenvalue weighted by Crippen LogP contribution is 2.26. The highest BCUT2D eigenvalue weighted by molar-refractivity contribution is 7.11. The van der Waals surface area contributed by atoms with Gasteiger partial charge in [0.1, 0.15) is 0 Å². The van der Waals surface area contributed by atoms with E-state index in [1.807, 2.05) is 6.20 Å². The van der Waals surface area contributed by atoms with E-state index in [2.05, 4.69) is 38.0 Å². The number of hydrogen-bond donors (Lipinski definition) is 2. The van der Waals surface area contributed by atoms with Gasteiger partial charge in [-0.25, -0.2) is 4.98 Å². The van der Waals surface area contributed by atoms with Crippen LogP contribution in [0.3, 0.4) is 0 Å². The first-order valence-electron chi connectivity index (χ1n) is 6.70. The minimum absolute atomic E-state index is 0.152. The molecule has 1 aromatic heterocycles. The van der Waals surface area contributed by atoms with Crippen LogP contribution in [0.4, 0.5) is 0 Å². The molecule has 0 saturated heterocycles. The maximum absolute atomic E-state index is 8.92. The largest absolute Gasteiger partial charge is 0.396 e. The van der Waals surface area contributed by atoms with Gasteiger partial charge >= 0.3 is 0 Å². The number of nitrogens with zero attached hydrogens (tertiary/aromatic N) is 1. The molecule has 0 saturated carbocycles. The summed E-state index contributed by atoms with van der Waals surface area (Å²) in [4.78, 5) is 5.77. The third-order valence-corrected chi connectivity index (χ3v) is 4.28. The number of nitrogens with one attached hydrogen (secondary N) is 1. The SMILES string of the molecule is CC(CO)CCCNCc1cnc(C(C)(C)C)s1. The fraction of sp³-hybridized carbons (Fsp3) is 0.786. The van der Waals surface area contributed by atoms with Gasteiger partial charge in [0.05, 0.1) is 5.01 Å².